The van der Waals surface area contributed by atoms with E-state index in [4.69, 9.17) is 0 Å². The van der Waals surface area contributed by atoms with E-state index in [1.807, 2.05) is 30.1 Å². The third-order valence-electron chi connectivity index (χ3n) is 5.67. The molecule has 0 radical (unpaired) electrons. The first-order chi connectivity index (χ1) is 13.5. The molecule has 1 atom stereocenters. The summed E-state index contributed by atoms with van der Waals surface area (Å²) in [5, 5.41) is 2.75. The van der Waals surface area contributed by atoms with Gasteiger partial charge in [-0.1, -0.05) is 32.0 Å². The number of nitrogens with one attached hydrogen (secondary N) is 1. The molecular weight excluding hydrogens is 390 g/mol. The topological polar surface area (TPSA) is 86.8 Å². The fourth-order valence-corrected chi connectivity index (χ4v) is 5.88. The van der Waals surface area contributed by atoms with Crippen molar-refractivity contribution < 1.29 is 18.0 Å². The molecule has 1 amide bonds. The molecule has 0 aromatic heterocycles. The van der Waals surface area contributed by atoms with E-state index < -0.39 is 9.84 Å². The second-order valence-corrected chi connectivity index (χ2v) is 10.8. The van der Waals surface area contributed by atoms with Crippen molar-refractivity contribution in [3.63, 3.8) is 0 Å². The van der Waals surface area contributed by atoms with Gasteiger partial charge in [0.15, 0.2) is 15.6 Å². The molecule has 0 bridgehead atoms. The number of hydrogen-bond donors (Lipinski definition) is 1. The molecule has 1 aromatic rings. The van der Waals surface area contributed by atoms with E-state index in [1.165, 1.54) is 5.56 Å². The predicted molar refractivity (Wildman–Crippen MR) is 114 cm³/mol. The second kappa shape index (κ2) is 7.91. The summed E-state index contributed by atoms with van der Waals surface area (Å²) in [7, 11) is 0.630. The number of anilines is 1. The highest BCUT2D eigenvalue weighted by Gasteiger charge is 2.38. The van der Waals surface area contributed by atoms with Crippen molar-refractivity contribution in [2.75, 3.05) is 43.6 Å². The molecular formula is C21H29N3O4S. The molecule has 1 aromatic carbocycles. The summed E-state index contributed by atoms with van der Waals surface area (Å²) in [5.41, 5.74) is 2.93. The highest BCUT2D eigenvalue weighted by Crippen LogP contribution is 2.46. The Hall–Kier alpha value is -2.19. The lowest BCUT2D eigenvalue weighted by Crippen LogP contribution is -2.42. The minimum absolute atomic E-state index is 0.00450. The number of ketones is 1. The van der Waals surface area contributed by atoms with E-state index in [-0.39, 0.29) is 47.7 Å². The highest BCUT2D eigenvalue weighted by atomic mass is 32.2. The molecule has 0 saturated carbocycles. The number of hydrogen-bond acceptors (Lipinski definition) is 6. The fraction of sp³-hybridized carbons (Fsp3) is 0.524. The first kappa shape index (κ1) is 21.5. The maximum Gasteiger partial charge on any atom is 0.234 e. The number of carbonyl (C=O) groups excluding carboxylic acids is 2. The number of fused-ring (bicyclic) bond motifs is 1. The molecule has 1 N–H and O–H groups in total. The Morgan fingerprint density at radius 2 is 1.97 bits per heavy atom. The van der Waals surface area contributed by atoms with Crippen LogP contribution in [0.25, 0.3) is 0 Å². The molecule has 7 nitrogen and oxygen atoms in total. The van der Waals surface area contributed by atoms with Gasteiger partial charge >= 0.3 is 0 Å². The van der Waals surface area contributed by atoms with Crippen molar-refractivity contribution in [2.45, 2.75) is 31.7 Å². The van der Waals surface area contributed by atoms with Crippen LogP contribution in [0.2, 0.25) is 0 Å². The maximum atomic E-state index is 12.6. The minimum atomic E-state index is -3.04. The van der Waals surface area contributed by atoms with Gasteiger partial charge < -0.3 is 10.2 Å². The van der Waals surface area contributed by atoms with Crippen LogP contribution in [0.5, 0.6) is 0 Å². The van der Waals surface area contributed by atoms with Crippen molar-refractivity contribution in [1.29, 1.82) is 0 Å². The number of benzene rings is 1. The summed E-state index contributed by atoms with van der Waals surface area (Å²) in [6, 6.07) is 7.78. The Balaban J connectivity index is 1.58. The zero-order chi connectivity index (χ0) is 21.4. The second-order valence-electron chi connectivity index (χ2n) is 8.54. The highest BCUT2D eigenvalue weighted by molar-refractivity contribution is 7.91. The summed E-state index contributed by atoms with van der Waals surface area (Å²) in [6.07, 6.45) is 2.11. The van der Waals surface area contributed by atoms with Crippen LogP contribution < -0.4 is 10.2 Å². The molecule has 2 heterocycles. The van der Waals surface area contributed by atoms with Gasteiger partial charge in [-0.05, 0) is 25.1 Å². The van der Waals surface area contributed by atoms with Crippen LogP contribution in [0, 0.1) is 0 Å². The molecule has 1 unspecified atom stereocenters. The molecule has 1 saturated heterocycles. The summed E-state index contributed by atoms with van der Waals surface area (Å²) >= 11 is 0. The van der Waals surface area contributed by atoms with Gasteiger partial charge in [0.25, 0.3) is 0 Å². The van der Waals surface area contributed by atoms with Crippen LogP contribution in [-0.2, 0) is 24.8 Å². The monoisotopic (exact) mass is 419 g/mol. The van der Waals surface area contributed by atoms with E-state index >= 15 is 0 Å². The first-order valence-corrected chi connectivity index (χ1v) is 11.6. The molecule has 0 aliphatic carbocycles. The average Bonchev–Trinajstić information content (AvgIpc) is 3.04. The standard InChI is InChI=1S/C21H29N3O4S/c1-21(2)17-7-5-6-8-18(17)24(4)19(21)11-16(25)12-23(3)13-20(26)22-15-9-10-29(27,28)14-15/h5-8,11,15H,9-10,12-14H2,1-4H3,(H,22,26)/b19-11-. The fourth-order valence-electron chi connectivity index (χ4n) is 4.21. The summed E-state index contributed by atoms with van der Waals surface area (Å²) in [5.74, 6) is -0.228. The lowest BCUT2D eigenvalue weighted by atomic mass is 9.83. The lowest BCUT2D eigenvalue weighted by Gasteiger charge is -2.24. The predicted octanol–water partition coefficient (Wildman–Crippen LogP) is 1.10. The molecule has 2 aliphatic rings. The Labute approximate surface area is 172 Å². The molecule has 3 rings (SSSR count). The molecule has 158 valence electrons. The van der Waals surface area contributed by atoms with E-state index in [0.29, 0.717) is 6.42 Å². The zero-order valence-electron chi connectivity index (χ0n) is 17.4. The lowest BCUT2D eigenvalue weighted by molar-refractivity contribution is -0.123. The number of allylic oxidation sites excluding steroid dienone is 1. The van der Waals surface area contributed by atoms with E-state index in [9.17, 15) is 18.0 Å². The summed E-state index contributed by atoms with van der Waals surface area (Å²) in [6.45, 7) is 4.35. The van der Waals surface area contributed by atoms with Crippen LogP contribution in [0.4, 0.5) is 5.69 Å². The van der Waals surface area contributed by atoms with Crippen molar-refractivity contribution in [2.24, 2.45) is 0 Å². The number of likely N-dealkylation sites (N-methyl/N-ethyl adjacent to an activating group) is 2. The van der Waals surface area contributed by atoms with Gasteiger partial charge in [0.05, 0.1) is 24.6 Å². The van der Waals surface area contributed by atoms with Gasteiger partial charge in [0.2, 0.25) is 5.91 Å². The Bertz CT molecular complexity index is 952. The van der Waals surface area contributed by atoms with Crippen molar-refractivity contribution >= 4 is 27.2 Å². The Morgan fingerprint density at radius 1 is 1.28 bits per heavy atom. The van der Waals surface area contributed by atoms with Crippen LogP contribution in [0.15, 0.2) is 36.0 Å². The van der Waals surface area contributed by atoms with Crippen LogP contribution >= 0.6 is 0 Å². The van der Waals surface area contributed by atoms with Gasteiger partial charge in [-0.2, -0.15) is 0 Å². The van der Waals surface area contributed by atoms with Gasteiger partial charge in [-0.3, -0.25) is 14.5 Å². The number of rotatable bonds is 6. The van der Waals surface area contributed by atoms with Gasteiger partial charge in [0.1, 0.15) is 0 Å². The molecule has 2 aliphatic heterocycles. The number of carbonyl (C=O) groups is 2. The van der Waals surface area contributed by atoms with Gasteiger partial charge in [0, 0.05) is 36.0 Å². The number of nitrogens with zero attached hydrogens (tertiary/aromatic N) is 2. The summed E-state index contributed by atoms with van der Waals surface area (Å²) < 4.78 is 23.0. The SMILES string of the molecule is CN(CC(=O)/C=C1\N(C)c2ccccc2C1(C)C)CC(=O)NC1CCS(=O)(=O)C1. The third-order valence-corrected chi connectivity index (χ3v) is 7.44. The molecule has 1 fully saturated rings. The normalized spacial score (nSPS) is 23.4. The Kier molecular flexibility index (Phi) is 5.87. The number of amides is 1. The first-order valence-electron chi connectivity index (χ1n) is 9.76. The molecule has 29 heavy (non-hydrogen) atoms. The summed E-state index contributed by atoms with van der Waals surface area (Å²) in [4.78, 5) is 28.5. The maximum absolute atomic E-state index is 12.6. The van der Waals surface area contributed by atoms with Gasteiger partial charge in [-0.15, -0.1) is 0 Å². The molecule has 8 heteroatoms. The van der Waals surface area contributed by atoms with E-state index in [1.54, 1.807) is 18.0 Å². The zero-order valence-corrected chi connectivity index (χ0v) is 18.3. The van der Waals surface area contributed by atoms with Crippen LogP contribution in [0.3, 0.4) is 0 Å². The number of para-hydroxylation sites is 1. The smallest absolute Gasteiger partial charge is 0.234 e. The minimum Gasteiger partial charge on any atom is -0.351 e. The van der Waals surface area contributed by atoms with E-state index in [2.05, 4.69) is 25.2 Å². The van der Waals surface area contributed by atoms with Crippen molar-refractivity contribution in [3.8, 4) is 0 Å². The largest absolute Gasteiger partial charge is 0.351 e. The van der Waals surface area contributed by atoms with Crippen molar-refractivity contribution in [3.05, 3.63) is 41.6 Å². The van der Waals surface area contributed by atoms with E-state index in [0.717, 1.165) is 11.4 Å². The van der Waals surface area contributed by atoms with Crippen molar-refractivity contribution in [1.82, 2.24) is 10.2 Å². The Morgan fingerprint density at radius 3 is 2.59 bits per heavy atom. The van der Waals surface area contributed by atoms with Crippen LogP contribution in [0.1, 0.15) is 25.8 Å². The third kappa shape index (κ3) is 4.70. The van der Waals surface area contributed by atoms with Gasteiger partial charge in [-0.25, -0.2) is 8.42 Å². The number of sulfone groups is 1. The molecule has 0 spiro atoms. The van der Waals surface area contributed by atoms with Crippen LogP contribution in [-0.4, -0.2) is 69.7 Å². The quantitative estimate of drug-likeness (QED) is 0.695. The average molecular weight is 420 g/mol.